The van der Waals surface area contributed by atoms with Crippen LogP contribution < -0.4 is 14.8 Å². The number of allylic oxidation sites excluding steroid dienone is 2. The van der Waals surface area contributed by atoms with Gasteiger partial charge in [0.2, 0.25) is 0 Å². The highest BCUT2D eigenvalue weighted by molar-refractivity contribution is 5.61. The topological polar surface area (TPSA) is 30.5 Å². The van der Waals surface area contributed by atoms with E-state index in [1.165, 1.54) is 16.8 Å². The molecule has 2 aromatic carbocycles. The normalized spacial score (nSPS) is 22.9. The van der Waals surface area contributed by atoms with Gasteiger partial charge in [-0.15, -0.1) is 0 Å². The molecule has 1 aliphatic heterocycles. The van der Waals surface area contributed by atoms with Crippen molar-refractivity contribution < 1.29 is 9.47 Å². The number of methoxy groups -OCH3 is 1. The van der Waals surface area contributed by atoms with Gasteiger partial charge in [0, 0.05) is 11.6 Å². The SMILES string of the molecule is C=C(C)COc1ccc2c(c1)C1C=CCC1C(c1ccc(OC)cc1)N2. The summed E-state index contributed by atoms with van der Waals surface area (Å²) in [5.74, 6) is 2.75. The lowest BCUT2D eigenvalue weighted by molar-refractivity contribution is 0.350. The lowest BCUT2D eigenvalue weighted by Crippen LogP contribution is -2.29. The summed E-state index contributed by atoms with van der Waals surface area (Å²) >= 11 is 0. The summed E-state index contributed by atoms with van der Waals surface area (Å²) in [6, 6.07) is 15.1. The van der Waals surface area contributed by atoms with Gasteiger partial charge in [-0.05, 0) is 66.3 Å². The third kappa shape index (κ3) is 3.10. The Kier molecular flexibility index (Phi) is 4.46. The van der Waals surface area contributed by atoms with Gasteiger partial charge in [0.25, 0.3) is 0 Å². The van der Waals surface area contributed by atoms with E-state index in [2.05, 4.69) is 48.3 Å². The maximum Gasteiger partial charge on any atom is 0.120 e. The van der Waals surface area contributed by atoms with Crippen LogP contribution in [0, 0.1) is 5.92 Å². The lowest BCUT2D eigenvalue weighted by atomic mass is 9.77. The molecule has 0 aromatic heterocycles. The van der Waals surface area contributed by atoms with Gasteiger partial charge in [0.15, 0.2) is 0 Å². The molecular weight excluding hydrogens is 322 g/mol. The number of hydrogen-bond acceptors (Lipinski definition) is 3. The van der Waals surface area contributed by atoms with Gasteiger partial charge in [-0.1, -0.05) is 30.9 Å². The van der Waals surface area contributed by atoms with Crippen LogP contribution in [0.15, 0.2) is 66.8 Å². The molecule has 0 saturated heterocycles. The molecule has 134 valence electrons. The number of rotatable bonds is 5. The summed E-state index contributed by atoms with van der Waals surface area (Å²) in [6.45, 7) is 6.45. The van der Waals surface area contributed by atoms with E-state index in [9.17, 15) is 0 Å². The highest BCUT2D eigenvalue weighted by Gasteiger charge is 2.38. The van der Waals surface area contributed by atoms with E-state index in [-0.39, 0.29) is 0 Å². The number of fused-ring (bicyclic) bond motifs is 3. The Balaban J connectivity index is 1.64. The molecule has 1 N–H and O–H groups in total. The van der Waals surface area contributed by atoms with Crippen LogP contribution in [0.5, 0.6) is 11.5 Å². The first-order valence-electron chi connectivity index (χ1n) is 9.14. The number of nitrogens with one attached hydrogen (secondary N) is 1. The fraction of sp³-hybridized carbons (Fsp3) is 0.304. The molecule has 0 amide bonds. The van der Waals surface area contributed by atoms with Crippen molar-refractivity contribution in [2.24, 2.45) is 5.92 Å². The van der Waals surface area contributed by atoms with Crippen molar-refractivity contribution in [1.82, 2.24) is 0 Å². The molecule has 2 aromatic rings. The van der Waals surface area contributed by atoms with Crippen molar-refractivity contribution in [3.05, 3.63) is 77.9 Å². The van der Waals surface area contributed by atoms with Gasteiger partial charge < -0.3 is 14.8 Å². The van der Waals surface area contributed by atoms with E-state index in [0.717, 1.165) is 23.5 Å². The van der Waals surface area contributed by atoms with Crippen LogP contribution in [0.3, 0.4) is 0 Å². The summed E-state index contributed by atoms with van der Waals surface area (Å²) in [5.41, 5.74) is 4.85. The fourth-order valence-corrected chi connectivity index (χ4v) is 4.01. The van der Waals surface area contributed by atoms with Crippen LogP contribution in [-0.4, -0.2) is 13.7 Å². The van der Waals surface area contributed by atoms with E-state index in [4.69, 9.17) is 9.47 Å². The molecule has 0 spiro atoms. The Morgan fingerprint density at radius 3 is 2.65 bits per heavy atom. The zero-order valence-corrected chi connectivity index (χ0v) is 15.4. The number of ether oxygens (including phenoxy) is 2. The smallest absolute Gasteiger partial charge is 0.120 e. The Bertz CT molecular complexity index is 838. The minimum absolute atomic E-state index is 0.301. The van der Waals surface area contributed by atoms with Gasteiger partial charge in [-0.25, -0.2) is 0 Å². The summed E-state index contributed by atoms with van der Waals surface area (Å²) < 4.78 is 11.2. The molecule has 0 bridgehead atoms. The Morgan fingerprint density at radius 1 is 1.15 bits per heavy atom. The predicted octanol–water partition coefficient (Wildman–Crippen LogP) is 5.48. The maximum absolute atomic E-state index is 5.85. The molecular formula is C23H25NO2. The largest absolute Gasteiger partial charge is 0.497 e. The van der Waals surface area contributed by atoms with E-state index in [1.807, 2.05) is 25.1 Å². The van der Waals surface area contributed by atoms with Gasteiger partial charge in [-0.3, -0.25) is 0 Å². The molecule has 0 radical (unpaired) electrons. The van der Waals surface area contributed by atoms with Gasteiger partial charge in [-0.2, -0.15) is 0 Å². The van der Waals surface area contributed by atoms with Crippen molar-refractivity contribution >= 4 is 5.69 Å². The van der Waals surface area contributed by atoms with Crippen LogP contribution in [-0.2, 0) is 0 Å². The molecule has 26 heavy (non-hydrogen) atoms. The van der Waals surface area contributed by atoms with Crippen molar-refractivity contribution in [2.75, 3.05) is 19.0 Å². The summed E-state index contributed by atoms with van der Waals surface area (Å²) in [6.07, 6.45) is 5.75. The molecule has 0 saturated carbocycles. The van der Waals surface area contributed by atoms with Gasteiger partial charge >= 0.3 is 0 Å². The second kappa shape index (κ2) is 6.91. The third-order valence-corrected chi connectivity index (χ3v) is 5.29. The summed E-state index contributed by atoms with van der Waals surface area (Å²) in [5, 5.41) is 3.76. The minimum Gasteiger partial charge on any atom is -0.497 e. The molecule has 3 atom stereocenters. The average molecular weight is 347 g/mol. The van der Waals surface area contributed by atoms with E-state index in [0.29, 0.717) is 24.5 Å². The van der Waals surface area contributed by atoms with Crippen LogP contribution in [0.25, 0.3) is 0 Å². The first-order valence-corrected chi connectivity index (χ1v) is 9.14. The van der Waals surface area contributed by atoms with E-state index >= 15 is 0 Å². The van der Waals surface area contributed by atoms with Crippen molar-refractivity contribution in [2.45, 2.75) is 25.3 Å². The standard InChI is InChI=1S/C23H25NO2/c1-15(2)14-26-18-11-12-22-21(13-18)19-5-4-6-20(19)23(24-22)16-7-9-17(25-3)10-8-16/h4-5,7-13,19-20,23-24H,1,6,14H2,2-3H3. The zero-order chi connectivity index (χ0) is 18.1. The minimum atomic E-state index is 0.301. The molecule has 3 nitrogen and oxygen atoms in total. The van der Waals surface area contributed by atoms with Crippen LogP contribution in [0.2, 0.25) is 0 Å². The Labute approximate surface area is 155 Å². The van der Waals surface area contributed by atoms with E-state index < -0.39 is 0 Å². The van der Waals surface area contributed by atoms with Crippen molar-refractivity contribution in [3.63, 3.8) is 0 Å². The molecule has 3 unspecified atom stereocenters. The number of benzene rings is 2. The van der Waals surface area contributed by atoms with Gasteiger partial charge in [0.1, 0.15) is 18.1 Å². The van der Waals surface area contributed by atoms with Crippen LogP contribution in [0.1, 0.15) is 36.4 Å². The summed E-state index contributed by atoms with van der Waals surface area (Å²) in [7, 11) is 1.70. The highest BCUT2D eigenvalue weighted by Crippen LogP contribution is 2.50. The molecule has 2 aliphatic rings. The maximum atomic E-state index is 5.85. The highest BCUT2D eigenvalue weighted by atomic mass is 16.5. The zero-order valence-electron chi connectivity index (χ0n) is 15.4. The molecule has 1 heterocycles. The van der Waals surface area contributed by atoms with Gasteiger partial charge in [0.05, 0.1) is 13.2 Å². The first kappa shape index (κ1) is 16.8. The van der Waals surface area contributed by atoms with Crippen LogP contribution >= 0.6 is 0 Å². The Morgan fingerprint density at radius 2 is 1.92 bits per heavy atom. The Hall–Kier alpha value is -2.68. The first-order chi connectivity index (χ1) is 12.7. The second-order valence-electron chi connectivity index (χ2n) is 7.24. The predicted molar refractivity (Wildman–Crippen MR) is 106 cm³/mol. The summed E-state index contributed by atoms with van der Waals surface area (Å²) in [4.78, 5) is 0. The molecule has 1 aliphatic carbocycles. The monoisotopic (exact) mass is 347 g/mol. The average Bonchev–Trinajstić information content (AvgIpc) is 3.16. The van der Waals surface area contributed by atoms with Crippen molar-refractivity contribution in [1.29, 1.82) is 0 Å². The molecule has 3 heteroatoms. The number of hydrogen-bond donors (Lipinski definition) is 1. The lowest BCUT2D eigenvalue weighted by Gasteiger charge is -2.37. The van der Waals surface area contributed by atoms with E-state index in [1.54, 1.807) is 7.11 Å². The second-order valence-corrected chi connectivity index (χ2v) is 7.24. The molecule has 4 rings (SSSR count). The number of anilines is 1. The third-order valence-electron chi connectivity index (χ3n) is 5.29. The fourth-order valence-electron chi connectivity index (χ4n) is 4.01. The quantitative estimate of drug-likeness (QED) is 0.727. The molecule has 0 fully saturated rings. The van der Waals surface area contributed by atoms with Crippen LogP contribution in [0.4, 0.5) is 5.69 Å². The van der Waals surface area contributed by atoms with Crippen molar-refractivity contribution in [3.8, 4) is 11.5 Å².